The van der Waals surface area contributed by atoms with Crippen molar-refractivity contribution in [1.29, 1.82) is 0 Å². The van der Waals surface area contributed by atoms with Gasteiger partial charge in [-0.25, -0.2) is 13.4 Å². The lowest BCUT2D eigenvalue weighted by Gasteiger charge is -2.09. The minimum atomic E-state index is -3.55. The lowest BCUT2D eigenvalue weighted by molar-refractivity contribution is -0.121. The van der Waals surface area contributed by atoms with Crippen molar-refractivity contribution in [3.63, 3.8) is 0 Å². The quantitative estimate of drug-likeness (QED) is 0.699. The second-order valence-corrected chi connectivity index (χ2v) is 8.31. The van der Waals surface area contributed by atoms with E-state index in [-0.39, 0.29) is 17.6 Å². The zero-order chi connectivity index (χ0) is 18.7. The number of amides is 1. The number of rotatable bonds is 6. The molecule has 2 aromatic carbocycles. The Kier molecular flexibility index (Phi) is 5.29. The Labute approximate surface area is 156 Å². The average molecular weight is 392 g/mol. The van der Waals surface area contributed by atoms with Gasteiger partial charge in [-0.2, -0.15) is 0 Å². The SMILES string of the molecule is CS(=O)(=O)c1nc2ccccc2n1CC(=O)NCCc1ccc(Cl)cc1. The molecule has 0 aliphatic heterocycles. The molecule has 0 radical (unpaired) electrons. The number of halogens is 1. The predicted octanol–water partition coefficient (Wildman–Crippen LogP) is 2.45. The summed E-state index contributed by atoms with van der Waals surface area (Å²) in [5.74, 6) is -0.271. The van der Waals surface area contributed by atoms with Crippen LogP contribution in [0.4, 0.5) is 0 Å². The fourth-order valence-electron chi connectivity index (χ4n) is 2.69. The highest BCUT2D eigenvalue weighted by Crippen LogP contribution is 2.19. The first-order chi connectivity index (χ1) is 12.3. The first-order valence-corrected chi connectivity index (χ1v) is 10.3. The van der Waals surface area contributed by atoms with Crippen molar-refractivity contribution in [3.05, 3.63) is 59.1 Å². The third-order valence-corrected chi connectivity index (χ3v) is 5.13. The number of hydrogen-bond acceptors (Lipinski definition) is 4. The highest BCUT2D eigenvalue weighted by molar-refractivity contribution is 7.90. The minimum absolute atomic E-state index is 0.105. The molecule has 0 saturated heterocycles. The van der Waals surface area contributed by atoms with Gasteiger partial charge in [-0.15, -0.1) is 0 Å². The van der Waals surface area contributed by atoms with Gasteiger partial charge in [0.15, 0.2) is 0 Å². The summed E-state index contributed by atoms with van der Waals surface area (Å²) in [6.07, 6.45) is 1.75. The van der Waals surface area contributed by atoms with Gasteiger partial charge in [0.25, 0.3) is 0 Å². The molecule has 0 unspecified atom stereocenters. The van der Waals surface area contributed by atoms with Gasteiger partial charge >= 0.3 is 0 Å². The molecule has 136 valence electrons. The third kappa shape index (κ3) is 4.23. The van der Waals surface area contributed by atoms with Crippen molar-refractivity contribution in [2.24, 2.45) is 0 Å². The lowest BCUT2D eigenvalue weighted by atomic mass is 10.1. The van der Waals surface area contributed by atoms with E-state index in [1.54, 1.807) is 36.4 Å². The fourth-order valence-corrected chi connectivity index (χ4v) is 3.64. The number of nitrogens with one attached hydrogen (secondary N) is 1. The summed E-state index contributed by atoms with van der Waals surface area (Å²) >= 11 is 5.85. The summed E-state index contributed by atoms with van der Waals surface area (Å²) in [7, 11) is -3.55. The maximum absolute atomic E-state index is 12.3. The summed E-state index contributed by atoms with van der Waals surface area (Å²) in [4.78, 5) is 16.5. The van der Waals surface area contributed by atoms with Crippen LogP contribution in [0.1, 0.15) is 5.56 Å². The Morgan fingerprint density at radius 2 is 1.85 bits per heavy atom. The van der Waals surface area contributed by atoms with Gasteiger partial charge in [0.05, 0.1) is 11.0 Å². The Morgan fingerprint density at radius 1 is 1.15 bits per heavy atom. The van der Waals surface area contributed by atoms with Crippen LogP contribution in [0, 0.1) is 0 Å². The molecule has 26 heavy (non-hydrogen) atoms. The summed E-state index contributed by atoms with van der Waals surface area (Å²) in [6.45, 7) is 0.338. The first-order valence-electron chi connectivity index (χ1n) is 8.01. The van der Waals surface area contributed by atoms with Gasteiger partial charge in [-0.05, 0) is 36.2 Å². The highest BCUT2D eigenvalue weighted by atomic mass is 35.5. The van der Waals surface area contributed by atoms with E-state index in [2.05, 4.69) is 10.3 Å². The normalized spacial score (nSPS) is 11.6. The second kappa shape index (κ2) is 7.47. The van der Waals surface area contributed by atoms with Crippen LogP contribution in [-0.2, 0) is 27.6 Å². The number of aromatic nitrogens is 2. The molecule has 3 rings (SSSR count). The summed E-state index contributed by atoms with van der Waals surface area (Å²) in [5, 5.41) is 3.37. The highest BCUT2D eigenvalue weighted by Gasteiger charge is 2.20. The molecule has 6 nitrogen and oxygen atoms in total. The Bertz CT molecular complexity index is 1040. The maximum atomic E-state index is 12.3. The van der Waals surface area contributed by atoms with E-state index < -0.39 is 9.84 Å². The summed E-state index contributed by atoms with van der Waals surface area (Å²) in [6, 6.07) is 14.4. The third-order valence-electron chi connectivity index (χ3n) is 3.90. The molecule has 0 fully saturated rings. The largest absolute Gasteiger partial charge is 0.354 e. The number of imidazole rings is 1. The van der Waals surface area contributed by atoms with Gasteiger partial charge in [0.1, 0.15) is 6.54 Å². The number of sulfone groups is 1. The number of carbonyl (C=O) groups is 1. The number of fused-ring (bicyclic) bond motifs is 1. The van der Waals surface area contributed by atoms with E-state index in [4.69, 9.17) is 11.6 Å². The number of para-hydroxylation sites is 2. The molecule has 8 heteroatoms. The Morgan fingerprint density at radius 3 is 2.54 bits per heavy atom. The zero-order valence-electron chi connectivity index (χ0n) is 14.1. The van der Waals surface area contributed by atoms with E-state index in [9.17, 15) is 13.2 Å². The van der Waals surface area contributed by atoms with Crippen LogP contribution in [0.3, 0.4) is 0 Å². The molecule has 0 aliphatic rings. The van der Waals surface area contributed by atoms with Crippen LogP contribution >= 0.6 is 11.6 Å². The van der Waals surface area contributed by atoms with Gasteiger partial charge < -0.3 is 9.88 Å². The van der Waals surface area contributed by atoms with Crippen molar-refractivity contribution in [2.45, 2.75) is 18.1 Å². The first kappa shape index (κ1) is 18.4. The van der Waals surface area contributed by atoms with Gasteiger partial charge in [0, 0.05) is 17.8 Å². The second-order valence-electron chi connectivity index (χ2n) is 5.97. The van der Waals surface area contributed by atoms with Gasteiger partial charge in [-0.3, -0.25) is 4.79 Å². The molecule has 1 aromatic heterocycles. The molecule has 3 aromatic rings. The molecule has 0 spiro atoms. The molecule has 0 bridgehead atoms. The molecular formula is C18H18ClN3O3S. The molecule has 0 aliphatic carbocycles. The molecule has 1 amide bonds. The van der Waals surface area contributed by atoms with Crippen molar-refractivity contribution < 1.29 is 13.2 Å². The van der Waals surface area contributed by atoms with Crippen LogP contribution in [0.5, 0.6) is 0 Å². The van der Waals surface area contributed by atoms with E-state index in [1.807, 2.05) is 12.1 Å². The summed E-state index contributed by atoms with van der Waals surface area (Å²) < 4.78 is 25.4. The van der Waals surface area contributed by atoms with Crippen LogP contribution in [0.15, 0.2) is 53.7 Å². The van der Waals surface area contributed by atoms with E-state index in [0.29, 0.717) is 29.0 Å². The number of hydrogen-bond donors (Lipinski definition) is 1. The maximum Gasteiger partial charge on any atom is 0.240 e. The lowest BCUT2D eigenvalue weighted by Crippen LogP contribution is -2.30. The topological polar surface area (TPSA) is 81.1 Å². The van der Waals surface area contributed by atoms with Crippen molar-refractivity contribution in [2.75, 3.05) is 12.8 Å². The monoisotopic (exact) mass is 391 g/mol. The smallest absolute Gasteiger partial charge is 0.240 e. The van der Waals surface area contributed by atoms with Gasteiger partial charge in [-0.1, -0.05) is 35.9 Å². The van der Waals surface area contributed by atoms with Crippen molar-refractivity contribution in [1.82, 2.24) is 14.9 Å². The molecule has 0 saturated carbocycles. The fraction of sp³-hybridized carbons (Fsp3) is 0.222. The van der Waals surface area contributed by atoms with Crippen molar-refractivity contribution in [3.8, 4) is 0 Å². The number of carbonyl (C=O) groups excluding carboxylic acids is 1. The van der Waals surface area contributed by atoms with Gasteiger partial charge in [0.2, 0.25) is 20.9 Å². The van der Waals surface area contributed by atoms with Crippen LogP contribution in [0.2, 0.25) is 5.02 Å². The molecular weight excluding hydrogens is 374 g/mol. The van der Waals surface area contributed by atoms with Crippen molar-refractivity contribution >= 4 is 38.4 Å². The summed E-state index contributed by atoms with van der Waals surface area (Å²) in [5.41, 5.74) is 2.21. The van der Waals surface area contributed by atoms with Crippen LogP contribution in [-0.4, -0.2) is 36.7 Å². The van der Waals surface area contributed by atoms with E-state index >= 15 is 0 Å². The Balaban J connectivity index is 1.71. The molecule has 1 heterocycles. The number of nitrogens with zero attached hydrogens (tertiary/aromatic N) is 2. The Hall–Kier alpha value is -2.38. The average Bonchev–Trinajstić information content (AvgIpc) is 2.96. The molecule has 1 N–H and O–H groups in total. The zero-order valence-corrected chi connectivity index (χ0v) is 15.7. The van der Waals surface area contributed by atoms with E-state index in [0.717, 1.165) is 11.8 Å². The predicted molar refractivity (Wildman–Crippen MR) is 101 cm³/mol. The molecule has 0 atom stereocenters. The van der Waals surface area contributed by atoms with Crippen LogP contribution in [0.25, 0.3) is 11.0 Å². The standard InChI is InChI=1S/C18H18ClN3O3S/c1-26(24,25)18-21-15-4-2-3-5-16(15)22(18)12-17(23)20-11-10-13-6-8-14(19)9-7-13/h2-9H,10-12H2,1H3,(H,20,23). The van der Waals surface area contributed by atoms with E-state index in [1.165, 1.54) is 4.57 Å². The van der Waals surface area contributed by atoms with Crippen LogP contribution < -0.4 is 5.32 Å². The minimum Gasteiger partial charge on any atom is -0.354 e. The number of benzene rings is 2.